The van der Waals surface area contributed by atoms with E-state index in [0.717, 1.165) is 17.1 Å². The number of halogens is 1. The average Bonchev–Trinajstić information content (AvgIpc) is 2.44. The van der Waals surface area contributed by atoms with Crippen LogP contribution in [0.2, 0.25) is 0 Å². The van der Waals surface area contributed by atoms with Gasteiger partial charge in [0.05, 0.1) is 14.2 Å². The van der Waals surface area contributed by atoms with Crippen molar-refractivity contribution in [1.82, 2.24) is 5.32 Å². The number of rotatable bonds is 8. The molecule has 1 aromatic rings. The van der Waals surface area contributed by atoms with Gasteiger partial charge in [-0.05, 0) is 43.1 Å². The number of hydrogen-bond acceptors (Lipinski definition) is 4. The second-order valence-corrected chi connectivity index (χ2v) is 4.17. The molecule has 0 radical (unpaired) electrons. The van der Waals surface area contributed by atoms with Crippen LogP contribution in [0.3, 0.4) is 0 Å². The lowest BCUT2D eigenvalue weighted by molar-refractivity contribution is -0.121. The monoisotopic (exact) mass is 302 g/mol. The molecule has 114 valence electrons. The molecule has 0 saturated carbocycles. The van der Waals surface area contributed by atoms with Gasteiger partial charge in [0.1, 0.15) is 11.5 Å². The molecule has 0 aliphatic heterocycles. The van der Waals surface area contributed by atoms with Crippen LogP contribution < -0.4 is 20.5 Å². The van der Waals surface area contributed by atoms with Crippen LogP contribution in [0.15, 0.2) is 18.2 Å². The van der Waals surface area contributed by atoms with E-state index < -0.39 is 0 Å². The Morgan fingerprint density at radius 1 is 1.30 bits per heavy atom. The molecule has 0 aliphatic carbocycles. The highest BCUT2D eigenvalue weighted by Crippen LogP contribution is 2.24. The number of carbonyl (C=O) groups excluding carboxylic acids is 1. The molecule has 0 aliphatic rings. The molecule has 3 N–H and O–H groups in total. The molecule has 1 aromatic carbocycles. The lowest BCUT2D eigenvalue weighted by atomic mass is 10.1. The van der Waals surface area contributed by atoms with Gasteiger partial charge in [0, 0.05) is 13.0 Å². The molecule has 0 aromatic heterocycles. The smallest absolute Gasteiger partial charge is 0.220 e. The third-order valence-electron chi connectivity index (χ3n) is 2.81. The van der Waals surface area contributed by atoms with E-state index in [1.807, 2.05) is 18.2 Å². The summed E-state index contributed by atoms with van der Waals surface area (Å²) in [7, 11) is 3.26. The largest absolute Gasteiger partial charge is 0.497 e. The van der Waals surface area contributed by atoms with Crippen molar-refractivity contribution in [2.24, 2.45) is 5.73 Å². The van der Waals surface area contributed by atoms with Gasteiger partial charge in [-0.15, -0.1) is 12.4 Å². The topological polar surface area (TPSA) is 73.6 Å². The summed E-state index contributed by atoms with van der Waals surface area (Å²) in [6, 6.07) is 5.64. The van der Waals surface area contributed by atoms with E-state index in [9.17, 15) is 4.79 Å². The van der Waals surface area contributed by atoms with E-state index in [2.05, 4.69) is 5.32 Å². The van der Waals surface area contributed by atoms with Crippen molar-refractivity contribution in [2.75, 3.05) is 27.3 Å². The summed E-state index contributed by atoms with van der Waals surface area (Å²) in [5.74, 6) is 1.62. The number of hydrogen-bond donors (Lipinski definition) is 2. The van der Waals surface area contributed by atoms with Crippen molar-refractivity contribution in [2.45, 2.75) is 19.3 Å². The summed E-state index contributed by atoms with van der Waals surface area (Å²) in [6.07, 6.45) is 1.90. The summed E-state index contributed by atoms with van der Waals surface area (Å²) in [5, 5.41) is 2.86. The molecule has 1 amide bonds. The lowest BCUT2D eigenvalue weighted by Crippen LogP contribution is -2.26. The third kappa shape index (κ3) is 6.12. The van der Waals surface area contributed by atoms with Crippen LogP contribution in [0, 0.1) is 0 Å². The molecule has 0 atom stereocenters. The first-order valence-corrected chi connectivity index (χ1v) is 6.39. The Labute approximate surface area is 126 Å². The van der Waals surface area contributed by atoms with E-state index >= 15 is 0 Å². The number of carbonyl (C=O) groups is 1. The van der Waals surface area contributed by atoms with Gasteiger partial charge in [-0.25, -0.2) is 0 Å². The molecule has 5 nitrogen and oxygen atoms in total. The molecule has 1 rings (SSSR count). The van der Waals surface area contributed by atoms with E-state index in [-0.39, 0.29) is 18.3 Å². The quantitative estimate of drug-likeness (QED) is 0.763. The molecular weight excluding hydrogens is 280 g/mol. The normalized spacial score (nSPS) is 9.55. The fourth-order valence-electron chi connectivity index (χ4n) is 1.76. The molecule has 0 unspecified atom stereocenters. The zero-order chi connectivity index (χ0) is 14.1. The van der Waals surface area contributed by atoms with Crippen LogP contribution in [0.25, 0.3) is 0 Å². The fraction of sp³-hybridized carbons (Fsp3) is 0.500. The zero-order valence-corrected chi connectivity index (χ0v) is 12.8. The number of benzene rings is 1. The predicted molar refractivity (Wildman–Crippen MR) is 81.8 cm³/mol. The minimum atomic E-state index is 0. The van der Waals surface area contributed by atoms with Gasteiger partial charge in [-0.1, -0.05) is 0 Å². The Kier molecular flexibility index (Phi) is 9.59. The van der Waals surface area contributed by atoms with Gasteiger partial charge in [-0.2, -0.15) is 0 Å². The van der Waals surface area contributed by atoms with Gasteiger partial charge in [0.25, 0.3) is 0 Å². The molecule has 0 saturated heterocycles. The first-order chi connectivity index (χ1) is 9.21. The second kappa shape index (κ2) is 10.3. The van der Waals surface area contributed by atoms with E-state index in [4.69, 9.17) is 15.2 Å². The summed E-state index contributed by atoms with van der Waals surface area (Å²) < 4.78 is 10.5. The minimum Gasteiger partial charge on any atom is -0.497 e. The van der Waals surface area contributed by atoms with Crippen LogP contribution in [-0.4, -0.2) is 33.2 Å². The van der Waals surface area contributed by atoms with E-state index in [1.165, 1.54) is 0 Å². The van der Waals surface area contributed by atoms with Crippen LogP contribution >= 0.6 is 12.4 Å². The van der Waals surface area contributed by atoms with Crippen LogP contribution in [-0.2, 0) is 11.2 Å². The standard InChI is InChI=1S/C14H22N2O3.ClH/c1-18-12-5-6-13(19-2)11(10-12)7-9-16-14(17)4-3-8-15;/h5-6,10H,3-4,7-9,15H2,1-2H3,(H,16,17);1H. The van der Waals surface area contributed by atoms with Gasteiger partial charge < -0.3 is 20.5 Å². The average molecular weight is 303 g/mol. The van der Waals surface area contributed by atoms with Crippen molar-refractivity contribution in [3.8, 4) is 11.5 Å². The van der Waals surface area contributed by atoms with Gasteiger partial charge in [-0.3, -0.25) is 4.79 Å². The fourth-order valence-corrected chi connectivity index (χ4v) is 1.76. The summed E-state index contributed by atoms with van der Waals surface area (Å²) >= 11 is 0. The van der Waals surface area contributed by atoms with Crippen molar-refractivity contribution < 1.29 is 14.3 Å². The molecule has 0 heterocycles. The summed E-state index contributed by atoms with van der Waals surface area (Å²) in [5.41, 5.74) is 6.37. The Morgan fingerprint density at radius 3 is 2.65 bits per heavy atom. The summed E-state index contributed by atoms with van der Waals surface area (Å²) in [6.45, 7) is 1.12. The number of methoxy groups -OCH3 is 2. The van der Waals surface area contributed by atoms with Crippen LogP contribution in [0.4, 0.5) is 0 Å². The molecule has 6 heteroatoms. The highest BCUT2D eigenvalue weighted by Gasteiger charge is 2.06. The number of nitrogens with one attached hydrogen (secondary N) is 1. The SMILES string of the molecule is COc1ccc(OC)c(CCNC(=O)CCCN)c1.Cl. The van der Waals surface area contributed by atoms with Gasteiger partial charge in [0.2, 0.25) is 5.91 Å². The Bertz CT molecular complexity index is 413. The lowest BCUT2D eigenvalue weighted by Gasteiger charge is -2.11. The van der Waals surface area contributed by atoms with Crippen molar-refractivity contribution >= 4 is 18.3 Å². The highest BCUT2D eigenvalue weighted by atomic mass is 35.5. The van der Waals surface area contributed by atoms with Crippen LogP contribution in [0.1, 0.15) is 18.4 Å². The van der Waals surface area contributed by atoms with Crippen molar-refractivity contribution in [3.63, 3.8) is 0 Å². The maximum Gasteiger partial charge on any atom is 0.220 e. The Balaban J connectivity index is 0.00000361. The van der Waals surface area contributed by atoms with E-state index in [1.54, 1.807) is 14.2 Å². The zero-order valence-electron chi connectivity index (χ0n) is 12.0. The number of amides is 1. The third-order valence-corrected chi connectivity index (χ3v) is 2.81. The van der Waals surface area contributed by atoms with Gasteiger partial charge >= 0.3 is 0 Å². The maximum absolute atomic E-state index is 11.4. The Hall–Kier alpha value is -1.46. The minimum absolute atomic E-state index is 0. The second-order valence-electron chi connectivity index (χ2n) is 4.17. The van der Waals surface area contributed by atoms with Crippen molar-refractivity contribution in [1.29, 1.82) is 0 Å². The first-order valence-electron chi connectivity index (χ1n) is 6.39. The maximum atomic E-state index is 11.4. The number of nitrogens with two attached hydrogens (primary N) is 1. The molecule has 0 spiro atoms. The van der Waals surface area contributed by atoms with Crippen LogP contribution in [0.5, 0.6) is 11.5 Å². The first kappa shape index (κ1) is 18.5. The molecule has 0 bridgehead atoms. The summed E-state index contributed by atoms with van der Waals surface area (Å²) in [4.78, 5) is 11.4. The Morgan fingerprint density at radius 2 is 2.05 bits per heavy atom. The molecular formula is C14H23ClN2O3. The predicted octanol–water partition coefficient (Wildman–Crippen LogP) is 1.52. The van der Waals surface area contributed by atoms with E-state index in [0.29, 0.717) is 32.4 Å². The highest BCUT2D eigenvalue weighted by molar-refractivity contribution is 5.85. The van der Waals surface area contributed by atoms with Crippen molar-refractivity contribution in [3.05, 3.63) is 23.8 Å². The molecule has 0 fully saturated rings. The molecule has 20 heavy (non-hydrogen) atoms. The van der Waals surface area contributed by atoms with Gasteiger partial charge in [0.15, 0.2) is 0 Å². The number of ether oxygens (including phenoxy) is 2.